The third-order valence-corrected chi connectivity index (χ3v) is 3.37. The molecule has 2 rings (SSSR count). The zero-order valence-corrected chi connectivity index (χ0v) is 10.2. The van der Waals surface area contributed by atoms with E-state index >= 15 is 0 Å². The summed E-state index contributed by atoms with van der Waals surface area (Å²) in [4.78, 5) is 13.6. The van der Waals surface area contributed by atoms with Gasteiger partial charge in [-0.1, -0.05) is 28.1 Å². The summed E-state index contributed by atoms with van der Waals surface area (Å²) in [5.74, 6) is 0.257. The molecule has 1 heterocycles. The number of nitrogens with zero attached hydrogens (tertiary/aromatic N) is 1. The Balaban J connectivity index is 2.17. The van der Waals surface area contributed by atoms with Gasteiger partial charge in [-0.15, -0.1) is 0 Å². The Morgan fingerprint density at radius 1 is 1.20 bits per heavy atom. The molecule has 0 saturated carbocycles. The lowest BCUT2D eigenvalue weighted by Crippen LogP contribution is -2.35. The van der Waals surface area contributed by atoms with Gasteiger partial charge in [0.25, 0.3) is 0 Å². The van der Waals surface area contributed by atoms with Crippen LogP contribution in [0.5, 0.6) is 0 Å². The van der Waals surface area contributed by atoms with Crippen molar-refractivity contribution in [1.82, 2.24) is 0 Å². The summed E-state index contributed by atoms with van der Waals surface area (Å²) in [7, 11) is 0. The van der Waals surface area contributed by atoms with E-state index in [1.165, 1.54) is 5.56 Å². The zero-order chi connectivity index (χ0) is 10.7. The molecule has 80 valence electrons. The third-order valence-electron chi connectivity index (χ3n) is 2.73. The van der Waals surface area contributed by atoms with Crippen LogP contribution in [0.2, 0.25) is 0 Å². The molecule has 1 aromatic rings. The van der Waals surface area contributed by atoms with Gasteiger partial charge in [0.2, 0.25) is 5.91 Å². The molecule has 0 radical (unpaired) electrons. The molecule has 0 aliphatic carbocycles. The van der Waals surface area contributed by atoms with Crippen LogP contribution < -0.4 is 4.90 Å². The molecule has 0 atom stereocenters. The van der Waals surface area contributed by atoms with E-state index in [2.05, 4.69) is 28.1 Å². The molecule has 0 N–H and O–H groups in total. The fraction of sp³-hybridized carbons (Fsp3) is 0.417. The second-order valence-corrected chi connectivity index (χ2v) is 4.36. The highest BCUT2D eigenvalue weighted by atomic mass is 79.9. The Hall–Kier alpha value is -0.830. The minimum atomic E-state index is 0.257. The highest BCUT2D eigenvalue weighted by Crippen LogP contribution is 2.21. The molecular formula is C12H14BrNO. The normalized spacial score (nSPS) is 16.9. The lowest BCUT2D eigenvalue weighted by molar-refractivity contribution is -0.119. The Morgan fingerprint density at radius 3 is 2.53 bits per heavy atom. The van der Waals surface area contributed by atoms with E-state index < -0.39 is 0 Å². The predicted molar refractivity (Wildman–Crippen MR) is 65.3 cm³/mol. The van der Waals surface area contributed by atoms with Crippen LogP contribution in [0.15, 0.2) is 24.3 Å². The first-order valence-corrected chi connectivity index (χ1v) is 6.38. The first kappa shape index (κ1) is 10.7. The van der Waals surface area contributed by atoms with Crippen molar-refractivity contribution in [3.05, 3.63) is 29.8 Å². The van der Waals surface area contributed by atoms with Crippen LogP contribution in [0.4, 0.5) is 5.69 Å². The molecule has 0 bridgehead atoms. The molecule has 0 spiro atoms. The summed E-state index contributed by atoms with van der Waals surface area (Å²) < 4.78 is 0. The van der Waals surface area contributed by atoms with Crippen LogP contribution >= 0.6 is 15.9 Å². The molecule has 0 unspecified atom stereocenters. The van der Waals surface area contributed by atoms with Gasteiger partial charge in [-0.3, -0.25) is 4.79 Å². The topological polar surface area (TPSA) is 20.3 Å². The van der Waals surface area contributed by atoms with Crippen molar-refractivity contribution < 1.29 is 4.79 Å². The Labute approximate surface area is 98.4 Å². The first-order chi connectivity index (χ1) is 7.31. The van der Waals surface area contributed by atoms with Gasteiger partial charge in [-0.25, -0.2) is 0 Å². The number of hydrogen-bond donors (Lipinski definition) is 0. The predicted octanol–water partition coefficient (Wildman–Crippen LogP) is 3.10. The molecule has 1 fully saturated rings. The number of anilines is 1. The van der Waals surface area contributed by atoms with E-state index in [0.29, 0.717) is 6.42 Å². The summed E-state index contributed by atoms with van der Waals surface area (Å²) >= 11 is 3.41. The van der Waals surface area contributed by atoms with Gasteiger partial charge in [0.05, 0.1) is 0 Å². The van der Waals surface area contributed by atoms with Gasteiger partial charge in [-0.05, 0) is 30.5 Å². The molecule has 3 heteroatoms. The summed E-state index contributed by atoms with van der Waals surface area (Å²) in [6, 6.07) is 8.18. The second-order valence-electron chi connectivity index (χ2n) is 3.80. The highest BCUT2D eigenvalue weighted by Gasteiger charge is 2.18. The number of carbonyl (C=O) groups is 1. The average molecular weight is 268 g/mol. The molecule has 1 aliphatic heterocycles. The van der Waals surface area contributed by atoms with Crippen LogP contribution in [0.3, 0.4) is 0 Å². The molecule has 1 aromatic carbocycles. The molecule has 1 saturated heterocycles. The molecule has 0 aromatic heterocycles. The average Bonchev–Trinajstić information content (AvgIpc) is 2.30. The fourth-order valence-electron chi connectivity index (χ4n) is 1.84. The van der Waals surface area contributed by atoms with Crippen molar-refractivity contribution in [3.63, 3.8) is 0 Å². The maximum atomic E-state index is 11.7. The fourth-order valence-corrected chi connectivity index (χ4v) is 2.22. The number of amides is 1. The van der Waals surface area contributed by atoms with Crippen molar-refractivity contribution in [1.29, 1.82) is 0 Å². The Morgan fingerprint density at radius 2 is 1.93 bits per heavy atom. The molecular weight excluding hydrogens is 254 g/mol. The van der Waals surface area contributed by atoms with Crippen molar-refractivity contribution in [2.24, 2.45) is 0 Å². The quantitative estimate of drug-likeness (QED) is 0.755. The van der Waals surface area contributed by atoms with E-state index in [4.69, 9.17) is 0 Å². The minimum absolute atomic E-state index is 0.257. The van der Waals surface area contributed by atoms with E-state index in [1.807, 2.05) is 17.0 Å². The van der Waals surface area contributed by atoms with Crippen LogP contribution in [0, 0.1) is 0 Å². The number of piperidine rings is 1. The van der Waals surface area contributed by atoms with Crippen molar-refractivity contribution >= 4 is 27.5 Å². The number of hydrogen-bond acceptors (Lipinski definition) is 1. The molecule has 1 amide bonds. The Kier molecular flexibility index (Phi) is 3.41. The first-order valence-electron chi connectivity index (χ1n) is 5.26. The molecule has 1 aliphatic rings. The maximum Gasteiger partial charge on any atom is 0.226 e. The van der Waals surface area contributed by atoms with Crippen LogP contribution in [0.1, 0.15) is 24.8 Å². The number of benzene rings is 1. The van der Waals surface area contributed by atoms with E-state index in [-0.39, 0.29) is 5.91 Å². The summed E-state index contributed by atoms with van der Waals surface area (Å²) in [5.41, 5.74) is 2.27. The van der Waals surface area contributed by atoms with E-state index in [9.17, 15) is 4.79 Å². The van der Waals surface area contributed by atoms with Gasteiger partial charge in [0.15, 0.2) is 0 Å². The lowest BCUT2D eigenvalue weighted by atomic mass is 10.1. The molecule has 15 heavy (non-hydrogen) atoms. The third kappa shape index (κ3) is 2.40. The van der Waals surface area contributed by atoms with E-state index in [0.717, 1.165) is 30.4 Å². The maximum absolute atomic E-state index is 11.7. The molecule has 2 nitrogen and oxygen atoms in total. The summed E-state index contributed by atoms with van der Waals surface area (Å²) in [6.07, 6.45) is 2.85. The number of alkyl halides is 1. The number of halogens is 1. The van der Waals surface area contributed by atoms with Crippen molar-refractivity contribution in [2.75, 3.05) is 11.4 Å². The van der Waals surface area contributed by atoms with Gasteiger partial charge >= 0.3 is 0 Å². The summed E-state index contributed by atoms with van der Waals surface area (Å²) in [5, 5.41) is 0.862. The van der Waals surface area contributed by atoms with Crippen LogP contribution in [-0.4, -0.2) is 12.5 Å². The van der Waals surface area contributed by atoms with Gasteiger partial charge < -0.3 is 4.90 Å². The number of carbonyl (C=O) groups excluding carboxylic acids is 1. The van der Waals surface area contributed by atoms with Crippen LogP contribution in [-0.2, 0) is 10.1 Å². The van der Waals surface area contributed by atoms with Crippen LogP contribution in [0.25, 0.3) is 0 Å². The van der Waals surface area contributed by atoms with Crippen molar-refractivity contribution in [2.45, 2.75) is 24.6 Å². The SMILES string of the molecule is O=C1CCCCN1c1ccc(CBr)cc1. The Bertz CT molecular complexity index is 347. The monoisotopic (exact) mass is 267 g/mol. The minimum Gasteiger partial charge on any atom is -0.312 e. The van der Waals surface area contributed by atoms with E-state index in [1.54, 1.807) is 0 Å². The van der Waals surface area contributed by atoms with Gasteiger partial charge in [-0.2, -0.15) is 0 Å². The van der Waals surface area contributed by atoms with Crippen molar-refractivity contribution in [3.8, 4) is 0 Å². The highest BCUT2D eigenvalue weighted by molar-refractivity contribution is 9.08. The lowest BCUT2D eigenvalue weighted by Gasteiger charge is -2.26. The summed E-state index contributed by atoms with van der Waals surface area (Å²) in [6.45, 7) is 0.868. The largest absolute Gasteiger partial charge is 0.312 e. The standard InChI is InChI=1S/C12H14BrNO/c13-9-10-4-6-11(7-5-10)14-8-2-1-3-12(14)15/h4-7H,1-3,8-9H2. The second kappa shape index (κ2) is 4.79. The zero-order valence-electron chi connectivity index (χ0n) is 8.58. The number of rotatable bonds is 2. The van der Waals surface area contributed by atoms with Gasteiger partial charge in [0.1, 0.15) is 0 Å². The smallest absolute Gasteiger partial charge is 0.226 e. The van der Waals surface area contributed by atoms with Gasteiger partial charge in [0, 0.05) is 24.0 Å².